The van der Waals surface area contributed by atoms with Gasteiger partial charge in [0.1, 0.15) is 0 Å². The second-order valence-electron chi connectivity index (χ2n) is 7.49. The van der Waals surface area contributed by atoms with E-state index in [1.807, 2.05) is 42.5 Å². The molecule has 0 fully saturated rings. The SMILES string of the molecule is Cc1ccc(Cl)cc1NS(=O)(=O)c1ccc(NC(=O)c2ccc(-c3ccccc3)cc2)cc1. The highest BCUT2D eigenvalue weighted by Gasteiger charge is 2.16. The van der Waals surface area contributed by atoms with Crippen molar-refractivity contribution in [2.24, 2.45) is 0 Å². The maximum Gasteiger partial charge on any atom is 0.261 e. The van der Waals surface area contributed by atoms with Crippen molar-refractivity contribution in [2.75, 3.05) is 10.0 Å². The lowest BCUT2D eigenvalue weighted by Gasteiger charge is -2.12. The maximum absolute atomic E-state index is 12.7. The Hall–Kier alpha value is -3.61. The van der Waals surface area contributed by atoms with Crippen LogP contribution in [0, 0.1) is 6.92 Å². The number of rotatable bonds is 6. The molecule has 7 heteroatoms. The standard InChI is InChI=1S/C26H21ClN2O3S/c1-18-7-12-22(27)17-25(18)29-33(31,32)24-15-13-23(14-16-24)28-26(30)21-10-8-20(9-11-21)19-5-3-2-4-6-19/h2-17,29H,1H3,(H,28,30). The monoisotopic (exact) mass is 476 g/mol. The Morgan fingerprint density at radius 3 is 2.09 bits per heavy atom. The summed E-state index contributed by atoms with van der Waals surface area (Å²) in [6, 6.07) is 28.2. The molecule has 0 saturated heterocycles. The molecule has 0 atom stereocenters. The van der Waals surface area contributed by atoms with Gasteiger partial charge in [0.05, 0.1) is 10.6 Å². The van der Waals surface area contributed by atoms with Crippen molar-refractivity contribution in [1.82, 2.24) is 0 Å². The molecule has 4 aromatic carbocycles. The zero-order chi connectivity index (χ0) is 23.4. The highest BCUT2D eigenvalue weighted by Crippen LogP contribution is 2.24. The predicted molar refractivity (Wildman–Crippen MR) is 133 cm³/mol. The van der Waals surface area contributed by atoms with Crippen LogP contribution in [0.15, 0.2) is 102 Å². The number of carbonyl (C=O) groups excluding carboxylic acids is 1. The molecule has 2 N–H and O–H groups in total. The van der Waals surface area contributed by atoms with Crippen molar-refractivity contribution < 1.29 is 13.2 Å². The molecule has 5 nitrogen and oxygen atoms in total. The minimum Gasteiger partial charge on any atom is -0.322 e. The molecule has 0 aliphatic carbocycles. The van der Waals surface area contributed by atoms with Gasteiger partial charge in [-0.3, -0.25) is 9.52 Å². The van der Waals surface area contributed by atoms with Crippen LogP contribution in [0.4, 0.5) is 11.4 Å². The fraction of sp³-hybridized carbons (Fsp3) is 0.0385. The van der Waals surface area contributed by atoms with E-state index in [-0.39, 0.29) is 10.8 Å². The van der Waals surface area contributed by atoms with Gasteiger partial charge in [0.25, 0.3) is 15.9 Å². The van der Waals surface area contributed by atoms with Crippen LogP contribution in [0.5, 0.6) is 0 Å². The lowest BCUT2D eigenvalue weighted by Crippen LogP contribution is -2.14. The summed E-state index contributed by atoms with van der Waals surface area (Å²) in [6.07, 6.45) is 0. The number of hydrogen-bond donors (Lipinski definition) is 2. The Balaban J connectivity index is 1.45. The molecular formula is C26H21ClN2O3S. The van der Waals surface area contributed by atoms with Crippen LogP contribution >= 0.6 is 11.6 Å². The summed E-state index contributed by atoms with van der Waals surface area (Å²) in [5, 5.41) is 3.23. The lowest BCUT2D eigenvalue weighted by molar-refractivity contribution is 0.102. The molecule has 166 valence electrons. The van der Waals surface area contributed by atoms with E-state index in [1.54, 1.807) is 49.4 Å². The molecule has 0 unspecified atom stereocenters. The fourth-order valence-corrected chi connectivity index (χ4v) is 4.57. The highest BCUT2D eigenvalue weighted by atomic mass is 35.5. The number of benzene rings is 4. The van der Waals surface area contributed by atoms with Crippen LogP contribution in [0.25, 0.3) is 11.1 Å². The van der Waals surface area contributed by atoms with Crippen LogP contribution in [0.1, 0.15) is 15.9 Å². The van der Waals surface area contributed by atoms with Crippen LogP contribution < -0.4 is 10.0 Å². The smallest absolute Gasteiger partial charge is 0.261 e. The third kappa shape index (κ3) is 5.42. The van der Waals surface area contributed by atoms with Gasteiger partial charge in [-0.15, -0.1) is 0 Å². The zero-order valence-electron chi connectivity index (χ0n) is 17.7. The van der Waals surface area contributed by atoms with Gasteiger partial charge in [-0.1, -0.05) is 60.1 Å². The topological polar surface area (TPSA) is 75.3 Å². The first-order chi connectivity index (χ1) is 15.8. The van der Waals surface area contributed by atoms with Gasteiger partial charge in [-0.05, 0) is 72.1 Å². The number of anilines is 2. The second-order valence-corrected chi connectivity index (χ2v) is 9.61. The van der Waals surface area contributed by atoms with Crippen molar-refractivity contribution in [3.05, 3.63) is 113 Å². The summed E-state index contributed by atoms with van der Waals surface area (Å²) in [6.45, 7) is 1.79. The van der Waals surface area contributed by atoms with Gasteiger partial charge in [0, 0.05) is 16.3 Å². The van der Waals surface area contributed by atoms with Gasteiger partial charge in [-0.2, -0.15) is 0 Å². The van der Waals surface area contributed by atoms with E-state index in [0.717, 1.165) is 16.7 Å². The van der Waals surface area contributed by atoms with Crippen molar-refractivity contribution in [2.45, 2.75) is 11.8 Å². The first-order valence-electron chi connectivity index (χ1n) is 10.2. The summed E-state index contributed by atoms with van der Waals surface area (Å²) in [4.78, 5) is 12.7. The van der Waals surface area contributed by atoms with E-state index in [1.165, 1.54) is 12.1 Å². The summed E-state index contributed by atoms with van der Waals surface area (Å²) >= 11 is 5.98. The number of sulfonamides is 1. The van der Waals surface area contributed by atoms with Crippen LogP contribution in [0.3, 0.4) is 0 Å². The molecule has 0 bridgehead atoms. The molecule has 0 spiro atoms. The number of hydrogen-bond acceptors (Lipinski definition) is 3. The average Bonchev–Trinajstić information content (AvgIpc) is 2.82. The summed E-state index contributed by atoms with van der Waals surface area (Å²) in [5.74, 6) is -0.280. The number of nitrogens with one attached hydrogen (secondary N) is 2. The molecule has 0 heterocycles. The van der Waals surface area contributed by atoms with Crippen molar-refractivity contribution >= 4 is 38.9 Å². The summed E-state index contributed by atoms with van der Waals surface area (Å²) in [5.41, 5.74) is 4.26. The highest BCUT2D eigenvalue weighted by molar-refractivity contribution is 7.92. The fourth-order valence-electron chi connectivity index (χ4n) is 3.27. The molecular weight excluding hydrogens is 456 g/mol. The summed E-state index contributed by atoms with van der Waals surface area (Å²) in [7, 11) is -3.80. The first kappa shape index (κ1) is 22.6. The van der Waals surface area contributed by atoms with E-state index in [4.69, 9.17) is 11.6 Å². The van der Waals surface area contributed by atoms with E-state index in [0.29, 0.717) is 22.0 Å². The van der Waals surface area contributed by atoms with E-state index in [9.17, 15) is 13.2 Å². The third-order valence-corrected chi connectivity index (χ3v) is 6.74. The van der Waals surface area contributed by atoms with Crippen LogP contribution in [-0.4, -0.2) is 14.3 Å². The Morgan fingerprint density at radius 1 is 0.788 bits per heavy atom. The molecule has 1 amide bonds. The third-order valence-electron chi connectivity index (χ3n) is 5.12. The van der Waals surface area contributed by atoms with Crippen LogP contribution in [0.2, 0.25) is 5.02 Å². The van der Waals surface area contributed by atoms with Crippen LogP contribution in [-0.2, 0) is 10.0 Å². The van der Waals surface area contributed by atoms with Crippen molar-refractivity contribution in [3.63, 3.8) is 0 Å². The first-order valence-corrected chi connectivity index (χ1v) is 12.0. The minimum atomic E-state index is -3.80. The zero-order valence-corrected chi connectivity index (χ0v) is 19.3. The average molecular weight is 477 g/mol. The minimum absolute atomic E-state index is 0.0760. The van der Waals surface area contributed by atoms with E-state index in [2.05, 4.69) is 10.0 Å². The largest absolute Gasteiger partial charge is 0.322 e. The Bertz CT molecular complexity index is 1390. The number of halogens is 1. The van der Waals surface area contributed by atoms with Gasteiger partial charge in [0.2, 0.25) is 0 Å². The van der Waals surface area contributed by atoms with Gasteiger partial charge in [-0.25, -0.2) is 8.42 Å². The number of carbonyl (C=O) groups is 1. The normalized spacial score (nSPS) is 11.1. The van der Waals surface area contributed by atoms with Gasteiger partial charge >= 0.3 is 0 Å². The molecule has 0 saturated carbocycles. The molecule has 4 aromatic rings. The Kier molecular flexibility index (Phi) is 6.49. The molecule has 0 aromatic heterocycles. The number of aryl methyl sites for hydroxylation is 1. The quantitative estimate of drug-likeness (QED) is 0.339. The van der Waals surface area contributed by atoms with Gasteiger partial charge in [0.15, 0.2) is 0 Å². The molecule has 0 aliphatic rings. The predicted octanol–water partition coefficient (Wildman–Crippen LogP) is 6.37. The Labute approximate surface area is 198 Å². The molecule has 0 radical (unpaired) electrons. The molecule has 4 rings (SSSR count). The van der Waals surface area contributed by atoms with Gasteiger partial charge < -0.3 is 5.32 Å². The van der Waals surface area contributed by atoms with E-state index < -0.39 is 10.0 Å². The summed E-state index contributed by atoms with van der Waals surface area (Å²) < 4.78 is 28.0. The molecule has 33 heavy (non-hydrogen) atoms. The van der Waals surface area contributed by atoms with Crippen molar-refractivity contribution in [1.29, 1.82) is 0 Å². The maximum atomic E-state index is 12.7. The van der Waals surface area contributed by atoms with Crippen molar-refractivity contribution in [3.8, 4) is 11.1 Å². The Morgan fingerprint density at radius 2 is 1.42 bits per heavy atom. The number of amides is 1. The van der Waals surface area contributed by atoms with E-state index >= 15 is 0 Å². The lowest BCUT2D eigenvalue weighted by atomic mass is 10.0. The molecule has 0 aliphatic heterocycles. The second kappa shape index (κ2) is 9.48.